The largest absolute Gasteiger partial charge is 0.543 e. The zero-order valence-electron chi connectivity index (χ0n) is 11.9. The van der Waals surface area contributed by atoms with Gasteiger partial charge in [-0.15, -0.1) is 11.3 Å². The maximum atomic E-state index is 10.9. The second-order valence-electron chi connectivity index (χ2n) is 4.12. The molecule has 0 aliphatic carbocycles. The van der Waals surface area contributed by atoms with Crippen molar-refractivity contribution >= 4 is 33.9 Å². The number of carboxylic acids is 1. The number of benzene rings is 1. The van der Waals surface area contributed by atoms with Gasteiger partial charge in [0.2, 0.25) is 5.13 Å². The lowest BCUT2D eigenvalue weighted by atomic mass is 10.1. The number of carbonyl (C=O) groups excluding carboxylic acids is 1. The Morgan fingerprint density at radius 1 is 1.36 bits per heavy atom. The number of carbonyl (C=O) groups is 1. The van der Waals surface area contributed by atoms with Crippen LogP contribution in [0, 0.1) is 0 Å². The number of aliphatic carboxylic acids is 1. The van der Waals surface area contributed by atoms with Crippen molar-refractivity contribution in [3.63, 3.8) is 0 Å². The van der Waals surface area contributed by atoms with Gasteiger partial charge in [0.05, 0.1) is 11.7 Å². The smallest absolute Gasteiger partial charge is 0.203 e. The quantitative estimate of drug-likeness (QED) is 0.635. The molecule has 2 rings (SSSR count). The second-order valence-corrected chi connectivity index (χ2v) is 4.98. The number of nitrogens with one attached hydrogen (secondary N) is 1. The molecule has 0 saturated heterocycles. The molecule has 0 fully saturated rings. The van der Waals surface area contributed by atoms with Gasteiger partial charge in [0, 0.05) is 5.38 Å². The molecule has 114 valence electrons. The summed E-state index contributed by atoms with van der Waals surface area (Å²) in [7, 11) is 1.25. The van der Waals surface area contributed by atoms with Crippen molar-refractivity contribution in [2.24, 2.45) is 10.3 Å². The van der Waals surface area contributed by atoms with Crippen LogP contribution in [0.15, 0.2) is 46.0 Å². The standard InChI is InChI=1S/C14H14N4O3S/c1-9(10-6-4-3-5-7-10)16-17-14-15-11(8-22-14)12(13(19)20)18-21-2/h3-8H,1-2H3,(H,15,17)(H,19,20)/p-1/b16-9-,18-12+. The van der Waals surface area contributed by atoms with E-state index in [-0.39, 0.29) is 11.4 Å². The molecule has 0 atom stereocenters. The summed E-state index contributed by atoms with van der Waals surface area (Å²) in [5.41, 5.74) is 4.33. The number of thiazole rings is 1. The summed E-state index contributed by atoms with van der Waals surface area (Å²) in [5.74, 6) is -1.46. The number of nitrogens with zero attached hydrogens (tertiary/aromatic N) is 3. The number of oxime groups is 1. The van der Waals surface area contributed by atoms with Crippen LogP contribution in [0.2, 0.25) is 0 Å². The highest BCUT2D eigenvalue weighted by Gasteiger charge is 2.11. The van der Waals surface area contributed by atoms with Crippen molar-refractivity contribution < 1.29 is 14.7 Å². The fourth-order valence-electron chi connectivity index (χ4n) is 1.59. The highest BCUT2D eigenvalue weighted by molar-refractivity contribution is 7.14. The van der Waals surface area contributed by atoms with Gasteiger partial charge in [0.25, 0.3) is 0 Å². The minimum atomic E-state index is -1.46. The molecule has 0 aliphatic rings. The molecule has 1 N–H and O–H groups in total. The van der Waals surface area contributed by atoms with Crippen LogP contribution in [-0.2, 0) is 9.63 Å². The maximum Gasteiger partial charge on any atom is 0.203 e. The molecule has 1 heterocycles. The monoisotopic (exact) mass is 317 g/mol. The van der Waals surface area contributed by atoms with E-state index in [1.165, 1.54) is 23.8 Å². The number of hydrogen-bond donors (Lipinski definition) is 1. The van der Waals surface area contributed by atoms with Crippen LogP contribution in [0.5, 0.6) is 0 Å². The Morgan fingerprint density at radius 3 is 2.73 bits per heavy atom. The van der Waals surface area contributed by atoms with E-state index in [2.05, 4.69) is 25.5 Å². The number of aromatic nitrogens is 1. The summed E-state index contributed by atoms with van der Waals surface area (Å²) >= 11 is 1.20. The fraction of sp³-hybridized carbons (Fsp3) is 0.143. The highest BCUT2D eigenvalue weighted by Crippen LogP contribution is 2.16. The highest BCUT2D eigenvalue weighted by atomic mass is 32.1. The first kappa shape index (κ1) is 15.6. The molecular formula is C14H13N4O3S-. The van der Waals surface area contributed by atoms with E-state index in [1.54, 1.807) is 0 Å². The van der Waals surface area contributed by atoms with Crippen molar-refractivity contribution in [3.8, 4) is 0 Å². The molecule has 0 radical (unpaired) electrons. The van der Waals surface area contributed by atoms with Gasteiger partial charge in [0.15, 0.2) is 5.71 Å². The van der Waals surface area contributed by atoms with Crippen LogP contribution in [0.4, 0.5) is 5.13 Å². The molecular weight excluding hydrogens is 304 g/mol. The molecule has 1 aromatic carbocycles. The summed E-state index contributed by atoms with van der Waals surface area (Å²) in [4.78, 5) is 19.5. The van der Waals surface area contributed by atoms with Crippen LogP contribution >= 0.6 is 11.3 Å². The molecule has 7 nitrogen and oxygen atoms in total. The van der Waals surface area contributed by atoms with Gasteiger partial charge in [-0.1, -0.05) is 35.5 Å². The zero-order valence-corrected chi connectivity index (χ0v) is 12.8. The van der Waals surface area contributed by atoms with Gasteiger partial charge in [0.1, 0.15) is 12.8 Å². The van der Waals surface area contributed by atoms with Gasteiger partial charge in [-0.25, -0.2) is 4.98 Å². The third kappa shape index (κ3) is 3.89. The summed E-state index contributed by atoms with van der Waals surface area (Å²) in [6.45, 7) is 1.86. The summed E-state index contributed by atoms with van der Waals surface area (Å²) in [6, 6.07) is 9.64. The summed E-state index contributed by atoms with van der Waals surface area (Å²) in [6.07, 6.45) is 0. The van der Waals surface area contributed by atoms with Crippen molar-refractivity contribution in [1.29, 1.82) is 0 Å². The van der Waals surface area contributed by atoms with Crippen LogP contribution in [-0.4, -0.2) is 29.5 Å². The first-order chi connectivity index (χ1) is 10.6. The molecule has 0 saturated carbocycles. The van der Waals surface area contributed by atoms with Crippen molar-refractivity contribution in [3.05, 3.63) is 47.0 Å². The minimum absolute atomic E-state index is 0.155. The van der Waals surface area contributed by atoms with E-state index >= 15 is 0 Å². The lowest BCUT2D eigenvalue weighted by Crippen LogP contribution is -2.32. The van der Waals surface area contributed by atoms with E-state index < -0.39 is 5.97 Å². The molecule has 0 unspecified atom stereocenters. The van der Waals surface area contributed by atoms with E-state index in [9.17, 15) is 9.90 Å². The van der Waals surface area contributed by atoms with Gasteiger partial charge < -0.3 is 14.7 Å². The lowest BCUT2D eigenvalue weighted by Gasteiger charge is -2.02. The third-order valence-corrected chi connectivity index (χ3v) is 3.38. The average Bonchev–Trinajstić information content (AvgIpc) is 2.99. The van der Waals surface area contributed by atoms with E-state index in [0.717, 1.165) is 11.3 Å². The normalized spacial score (nSPS) is 12.1. The van der Waals surface area contributed by atoms with Crippen LogP contribution in [0.1, 0.15) is 18.2 Å². The average molecular weight is 317 g/mol. The topological polar surface area (TPSA) is 99.0 Å². The Bertz CT molecular complexity index is 710. The SMILES string of the molecule is CO/N=C(/C(=O)[O-])c1csc(N/N=C(/C)c2ccccc2)n1. The summed E-state index contributed by atoms with van der Waals surface area (Å²) in [5, 5.41) is 20.5. The van der Waals surface area contributed by atoms with E-state index in [1.807, 2.05) is 37.3 Å². The lowest BCUT2D eigenvalue weighted by molar-refractivity contribution is -0.294. The molecule has 0 spiro atoms. The predicted molar refractivity (Wildman–Crippen MR) is 82.9 cm³/mol. The Hall–Kier alpha value is -2.74. The Balaban J connectivity index is 2.13. The molecule has 2 aromatic rings. The molecule has 1 aromatic heterocycles. The number of anilines is 1. The molecule has 0 aliphatic heterocycles. The van der Waals surface area contributed by atoms with Crippen LogP contribution in [0.3, 0.4) is 0 Å². The summed E-state index contributed by atoms with van der Waals surface area (Å²) < 4.78 is 0. The molecule has 8 heteroatoms. The Labute approximate surface area is 131 Å². The zero-order chi connectivity index (χ0) is 15.9. The first-order valence-corrected chi connectivity index (χ1v) is 7.14. The van der Waals surface area contributed by atoms with Crippen LogP contribution in [0.25, 0.3) is 0 Å². The van der Waals surface area contributed by atoms with E-state index in [0.29, 0.717) is 5.13 Å². The Kier molecular flexibility index (Phi) is 5.21. The number of carboxylic acid groups (broad SMARTS) is 1. The molecule has 22 heavy (non-hydrogen) atoms. The second kappa shape index (κ2) is 7.32. The number of hydrazone groups is 1. The van der Waals surface area contributed by atoms with Crippen molar-refractivity contribution in [1.82, 2.24) is 4.98 Å². The molecule has 0 amide bonds. The molecule has 0 bridgehead atoms. The number of hydrogen-bond acceptors (Lipinski definition) is 8. The predicted octanol–water partition coefficient (Wildman–Crippen LogP) is 1.08. The Morgan fingerprint density at radius 2 is 2.09 bits per heavy atom. The van der Waals surface area contributed by atoms with Gasteiger partial charge in [-0.2, -0.15) is 5.10 Å². The first-order valence-electron chi connectivity index (χ1n) is 6.26. The van der Waals surface area contributed by atoms with Gasteiger partial charge in [-0.3, -0.25) is 5.43 Å². The van der Waals surface area contributed by atoms with Crippen molar-refractivity contribution in [2.45, 2.75) is 6.92 Å². The fourth-order valence-corrected chi connectivity index (χ4v) is 2.23. The van der Waals surface area contributed by atoms with Gasteiger partial charge in [-0.05, 0) is 12.5 Å². The third-order valence-electron chi connectivity index (χ3n) is 2.63. The number of rotatable bonds is 6. The van der Waals surface area contributed by atoms with Gasteiger partial charge >= 0.3 is 0 Å². The minimum Gasteiger partial charge on any atom is -0.543 e. The van der Waals surface area contributed by atoms with Crippen molar-refractivity contribution in [2.75, 3.05) is 12.5 Å². The van der Waals surface area contributed by atoms with E-state index in [4.69, 9.17) is 0 Å². The van der Waals surface area contributed by atoms with Crippen LogP contribution < -0.4 is 10.5 Å². The maximum absolute atomic E-state index is 10.9.